The van der Waals surface area contributed by atoms with Gasteiger partial charge in [-0.3, -0.25) is 14.4 Å². The van der Waals surface area contributed by atoms with E-state index in [2.05, 4.69) is 25.9 Å². The van der Waals surface area contributed by atoms with Gasteiger partial charge in [-0.1, -0.05) is 0 Å². The Kier molecular flexibility index (Phi) is 5.79. The van der Waals surface area contributed by atoms with Crippen molar-refractivity contribution in [2.45, 2.75) is 37.9 Å². The molecule has 34 heavy (non-hydrogen) atoms. The molecule has 0 spiro atoms. The number of primary amides is 1. The van der Waals surface area contributed by atoms with Crippen LogP contribution in [0.5, 0.6) is 0 Å². The molecule has 5 N–H and O–H groups in total. The zero-order valence-corrected chi connectivity index (χ0v) is 18.0. The normalized spacial score (nSPS) is 16.8. The second kappa shape index (κ2) is 8.47. The minimum atomic E-state index is -4.81. The van der Waals surface area contributed by atoms with Gasteiger partial charge in [0, 0.05) is 24.0 Å². The van der Waals surface area contributed by atoms with Crippen molar-refractivity contribution in [1.29, 1.82) is 0 Å². The van der Waals surface area contributed by atoms with Crippen molar-refractivity contribution in [2.75, 3.05) is 23.1 Å². The molecule has 2 heterocycles. The van der Waals surface area contributed by atoms with E-state index in [9.17, 15) is 27.6 Å². The van der Waals surface area contributed by atoms with Gasteiger partial charge in [0.15, 0.2) is 0 Å². The number of carbonyl (C=O) groups is 3. The Balaban J connectivity index is 1.66. The molecule has 1 aliphatic carbocycles. The van der Waals surface area contributed by atoms with E-state index in [4.69, 9.17) is 10.5 Å². The molecule has 4 rings (SSSR count). The molecule has 0 radical (unpaired) electrons. The van der Waals surface area contributed by atoms with E-state index in [1.165, 1.54) is 0 Å². The maximum absolute atomic E-state index is 13.7. The van der Waals surface area contributed by atoms with Crippen LogP contribution in [0.15, 0.2) is 24.4 Å². The van der Waals surface area contributed by atoms with Gasteiger partial charge in [-0.05, 0) is 36.6 Å². The summed E-state index contributed by atoms with van der Waals surface area (Å²) >= 11 is 0. The van der Waals surface area contributed by atoms with Crippen LogP contribution in [0.2, 0.25) is 0 Å². The maximum Gasteiger partial charge on any atom is 0.421 e. The van der Waals surface area contributed by atoms with Gasteiger partial charge in [0.2, 0.25) is 17.8 Å². The highest BCUT2D eigenvalue weighted by Crippen LogP contribution is 2.52. The molecule has 10 nitrogen and oxygen atoms in total. The first kappa shape index (κ1) is 23.3. The number of anilines is 4. The van der Waals surface area contributed by atoms with Crippen molar-refractivity contribution in [3.8, 4) is 0 Å². The average molecular weight is 478 g/mol. The van der Waals surface area contributed by atoms with Crippen LogP contribution in [0.3, 0.4) is 0 Å². The Bertz CT molecular complexity index is 1170. The number of benzene rings is 1. The van der Waals surface area contributed by atoms with E-state index < -0.39 is 47.3 Å². The summed E-state index contributed by atoms with van der Waals surface area (Å²) in [5.74, 6) is -2.37. The third-order valence-corrected chi connectivity index (χ3v) is 5.84. The molecule has 1 aromatic carbocycles. The molecule has 1 fully saturated rings. The summed E-state index contributed by atoms with van der Waals surface area (Å²) in [7, 11) is 1.16. The molecule has 0 saturated heterocycles. The van der Waals surface area contributed by atoms with Gasteiger partial charge in [0.25, 0.3) is 0 Å². The lowest BCUT2D eigenvalue weighted by atomic mass is 9.93. The minimum Gasteiger partial charge on any atom is -0.469 e. The summed E-state index contributed by atoms with van der Waals surface area (Å²) in [6.07, 6.45) is -3.77. The van der Waals surface area contributed by atoms with Gasteiger partial charge < -0.3 is 26.4 Å². The van der Waals surface area contributed by atoms with Gasteiger partial charge >= 0.3 is 12.1 Å². The number of methoxy groups -OCH3 is 1. The Morgan fingerprint density at radius 2 is 2.06 bits per heavy atom. The molecule has 1 saturated carbocycles. The van der Waals surface area contributed by atoms with Crippen molar-refractivity contribution in [2.24, 2.45) is 11.1 Å². The predicted molar refractivity (Wildman–Crippen MR) is 114 cm³/mol. The second-order valence-corrected chi connectivity index (χ2v) is 8.19. The van der Waals surface area contributed by atoms with Crippen LogP contribution >= 0.6 is 0 Å². The van der Waals surface area contributed by atoms with Crippen LogP contribution in [0.25, 0.3) is 0 Å². The van der Waals surface area contributed by atoms with E-state index in [1.807, 2.05) is 0 Å². The van der Waals surface area contributed by atoms with E-state index >= 15 is 0 Å². The Labute approximate surface area is 191 Å². The SMILES string of the molecule is COC(=O)C1(C(CC(N)=O)Nc2nc(Nc3ccc4c(c3)CC(=O)N4)ncc2C(F)(F)F)CC1. The molecule has 2 aliphatic rings. The number of hydrogen-bond acceptors (Lipinski definition) is 8. The van der Waals surface area contributed by atoms with Gasteiger partial charge in [-0.25, -0.2) is 4.98 Å². The number of alkyl halides is 3. The van der Waals surface area contributed by atoms with Crippen molar-refractivity contribution < 1.29 is 32.3 Å². The number of amides is 2. The number of halogens is 3. The lowest BCUT2D eigenvalue weighted by Gasteiger charge is -2.27. The number of nitrogens with one attached hydrogen (secondary N) is 3. The first-order valence-corrected chi connectivity index (χ1v) is 10.3. The summed E-state index contributed by atoms with van der Waals surface area (Å²) in [6, 6.07) is 3.87. The monoisotopic (exact) mass is 478 g/mol. The standard InChI is InChI=1S/C21H21F3N6O4/c1-34-18(33)20(4-5-20)14(8-15(25)31)29-17-12(21(22,23)24)9-26-19(30-17)27-11-2-3-13-10(6-11)7-16(32)28-13/h2-3,6,9,14H,4-5,7-8H2,1H3,(H2,25,31)(H,28,32)(H2,26,27,29,30). The van der Waals surface area contributed by atoms with Gasteiger partial charge in [-0.2, -0.15) is 18.2 Å². The summed E-state index contributed by atoms with van der Waals surface area (Å²) in [5, 5.41) is 8.11. The number of esters is 1. The molecule has 180 valence electrons. The van der Waals surface area contributed by atoms with Crippen molar-refractivity contribution >= 4 is 40.9 Å². The summed E-state index contributed by atoms with van der Waals surface area (Å²) in [4.78, 5) is 43.2. The van der Waals surface area contributed by atoms with Gasteiger partial charge in [0.05, 0.1) is 25.0 Å². The van der Waals surface area contributed by atoms with Crippen molar-refractivity contribution in [1.82, 2.24) is 9.97 Å². The van der Waals surface area contributed by atoms with Crippen LogP contribution in [-0.2, 0) is 31.7 Å². The summed E-state index contributed by atoms with van der Waals surface area (Å²) < 4.78 is 45.8. The number of fused-ring (bicyclic) bond motifs is 1. The second-order valence-electron chi connectivity index (χ2n) is 8.19. The number of rotatable bonds is 8. The molecule has 2 aromatic rings. The Hall–Kier alpha value is -3.90. The van der Waals surface area contributed by atoms with Crippen molar-refractivity contribution in [3.05, 3.63) is 35.5 Å². The van der Waals surface area contributed by atoms with Crippen LogP contribution < -0.4 is 21.7 Å². The molecule has 2 amide bonds. The third-order valence-electron chi connectivity index (χ3n) is 5.84. The molecule has 1 unspecified atom stereocenters. The lowest BCUT2D eigenvalue weighted by Crippen LogP contribution is -2.41. The smallest absolute Gasteiger partial charge is 0.421 e. The number of hydrogen-bond donors (Lipinski definition) is 4. The zero-order valence-electron chi connectivity index (χ0n) is 18.0. The quantitative estimate of drug-likeness (QED) is 0.423. The fourth-order valence-electron chi connectivity index (χ4n) is 3.98. The topological polar surface area (TPSA) is 148 Å². The fourth-order valence-corrected chi connectivity index (χ4v) is 3.98. The zero-order chi connectivity index (χ0) is 24.7. The molecular formula is C21H21F3N6O4. The predicted octanol–water partition coefficient (Wildman–Crippen LogP) is 2.34. The number of carbonyl (C=O) groups excluding carboxylic acids is 3. The van der Waals surface area contributed by atoms with Crippen LogP contribution in [0, 0.1) is 5.41 Å². The Morgan fingerprint density at radius 1 is 1.32 bits per heavy atom. The summed E-state index contributed by atoms with van der Waals surface area (Å²) in [5.41, 5.74) is 4.78. The molecular weight excluding hydrogens is 457 g/mol. The first-order chi connectivity index (χ1) is 16.0. The van der Waals surface area contributed by atoms with Crippen molar-refractivity contribution in [3.63, 3.8) is 0 Å². The third kappa shape index (κ3) is 4.58. The van der Waals surface area contributed by atoms with E-state index in [0.29, 0.717) is 30.4 Å². The largest absolute Gasteiger partial charge is 0.469 e. The highest BCUT2D eigenvalue weighted by molar-refractivity contribution is 5.99. The highest BCUT2D eigenvalue weighted by Gasteiger charge is 2.57. The summed E-state index contributed by atoms with van der Waals surface area (Å²) in [6.45, 7) is 0. The van der Waals surface area contributed by atoms with Crippen LogP contribution in [0.1, 0.15) is 30.4 Å². The van der Waals surface area contributed by atoms with E-state index in [0.717, 1.165) is 12.7 Å². The van der Waals surface area contributed by atoms with Gasteiger partial charge in [0.1, 0.15) is 11.4 Å². The average Bonchev–Trinajstić information content (AvgIpc) is 3.48. The maximum atomic E-state index is 13.7. The molecule has 1 aliphatic heterocycles. The van der Waals surface area contributed by atoms with Gasteiger partial charge in [-0.15, -0.1) is 0 Å². The molecule has 1 atom stereocenters. The van der Waals surface area contributed by atoms with E-state index in [-0.39, 0.29) is 18.3 Å². The molecule has 1 aromatic heterocycles. The number of ether oxygens (including phenoxy) is 1. The first-order valence-electron chi connectivity index (χ1n) is 10.3. The van der Waals surface area contributed by atoms with Crippen LogP contribution in [0.4, 0.5) is 36.3 Å². The lowest BCUT2D eigenvalue weighted by molar-refractivity contribution is -0.147. The fraction of sp³-hybridized carbons (Fsp3) is 0.381. The highest BCUT2D eigenvalue weighted by atomic mass is 19.4. The minimum absolute atomic E-state index is 0.159. The molecule has 0 bridgehead atoms. The van der Waals surface area contributed by atoms with E-state index in [1.54, 1.807) is 18.2 Å². The number of nitrogens with two attached hydrogens (primary N) is 1. The molecule has 13 heteroatoms. The number of nitrogens with zero attached hydrogens (tertiary/aromatic N) is 2. The number of aromatic nitrogens is 2. The van der Waals surface area contributed by atoms with Crippen LogP contribution in [-0.4, -0.2) is 40.9 Å². The Morgan fingerprint density at radius 3 is 2.68 bits per heavy atom.